The summed E-state index contributed by atoms with van der Waals surface area (Å²) in [5.74, 6) is -0.962. The van der Waals surface area contributed by atoms with Gasteiger partial charge in [-0.3, -0.25) is 0 Å². The highest BCUT2D eigenvalue weighted by molar-refractivity contribution is 5.88. The van der Waals surface area contributed by atoms with Gasteiger partial charge in [-0.15, -0.1) is 0 Å². The summed E-state index contributed by atoms with van der Waals surface area (Å²) < 4.78 is 0. The third-order valence-electron chi connectivity index (χ3n) is 2.29. The maximum atomic E-state index is 10.9. The summed E-state index contributed by atoms with van der Waals surface area (Å²) >= 11 is 0. The van der Waals surface area contributed by atoms with Crippen molar-refractivity contribution in [3.05, 3.63) is 34.9 Å². The third-order valence-corrected chi connectivity index (χ3v) is 2.29. The van der Waals surface area contributed by atoms with Gasteiger partial charge in [0.25, 0.3) is 0 Å². The summed E-state index contributed by atoms with van der Waals surface area (Å²) in [7, 11) is 0. The number of benzene rings is 1. The Morgan fingerprint density at radius 1 is 1.27 bits per heavy atom. The molecule has 0 aromatic heterocycles. The van der Waals surface area contributed by atoms with Crippen molar-refractivity contribution >= 4 is 5.97 Å². The zero-order chi connectivity index (χ0) is 11.6. The van der Waals surface area contributed by atoms with Crippen molar-refractivity contribution in [1.82, 2.24) is 0 Å². The van der Waals surface area contributed by atoms with E-state index in [1.165, 1.54) is 6.07 Å². The van der Waals surface area contributed by atoms with Gasteiger partial charge in [0.1, 0.15) is 0 Å². The molecule has 0 aliphatic heterocycles. The molecule has 3 nitrogen and oxygen atoms in total. The summed E-state index contributed by atoms with van der Waals surface area (Å²) in [5, 5.41) is 18.0. The van der Waals surface area contributed by atoms with Gasteiger partial charge < -0.3 is 10.2 Å². The lowest BCUT2D eigenvalue weighted by atomic mass is 9.85. The van der Waals surface area contributed by atoms with Crippen LogP contribution in [-0.2, 0) is 12.0 Å². The molecule has 0 unspecified atom stereocenters. The highest BCUT2D eigenvalue weighted by atomic mass is 16.4. The van der Waals surface area contributed by atoms with Gasteiger partial charge in [0, 0.05) is 0 Å². The summed E-state index contributed by atoms with van der Waals surface area (Å²) in [4.78, 5) is 10.9. The molecule has 0 atom stereocenters. The van der Waals surface area contributed by atoms with Crippen LogP contribution in [0.2, 0.25) is 0 Å². The highest BCUT2D eigenvalue weighted by Crippen LogP contribution is 2.24. The average Bonchev–Trinajstić information content (AvgIpc) is 2.15. The van der Waals surface area contributed by atoms with Crippen molar-refractivity contribution in [2.45, 2.75) is 32.8 Å². The molecule has 0 saturated carbocycles. The Kier molecular flexibility index (Phi) is 3.15. The molecule has 0 saturated heterocycles. The highest BCUT2D eigenvalue weighted by Gasteiger charge is 2.16. The zero-order valence-electron chi connectivity index (χ0n) is 9.24. The van der Waals surface area contributed by atoms with E-state index in [4.69, 9.17) is 10.2 Å². The fraction of sp³-hybridized carbons (Fsp3) is 0.417. The lowest BCUT2D eigenvalue weighted by Crippen LogP contribution is -2.13. The molecule has 0 heterocycles. The van der Waals surface area contributed by atoms with Gasteiger partial charge in [-0.25, -0.2) is 4.79 Å². The smallest absolute Gasteiger partial charge is 0.335 e. The number of hydrogen-bond donors (Lipinski definition) is 2. The molecule has 0 radical (unpaired) electrons. The lowest BCUT2D eigenvalue weighted by molar-refractivity contribution is 0.0696. The molecule has 0 amide bonds. The second-order valence-corrected chi connectivity index (χ2v) is 4.63. The van der Waals surface area contributed by atoms with E-state index in [9.17, 15) is 4.79 Å². The van der Waals surface area contributed by atoms with Crippen LogP contribution in [0.25, 0.3) is 0 Å². The van der Waals surface area contributed by atoms with E-state index in [2.05, 4.69) is 0 Å². The molecule has 1 aromatic rings. The second-order valence-electron chi connectivity index (χ2n) is 4.63. The van der Waals surface area contributed by atoms with Crippen LogP contribution in [0.4, 0.5) is 0 Å². The lowest BCUT2D eigenvalue weighted by Gasteiger charge is -2.20. The van der Waals surface area contributed by atoms with Crippen LogP contribution in [0.15, 0.2) is 18.2 Å². The van der Waals surface area contributed by atoms with E-state index in [-0.39, 0.29) is 17.6 Å². The van der Waals surface area contributed by atoms with Crippen molar-refractivity contribution in [1.29, 1.82) is 0 Å². The van der Waals surface area contributed by atoms with Gasteiger partial charge >= 0.3 is 5.97 Å². The van der Waals surface area contributed by atoms with Crippen LogP contribution in [-0.4, -0.2) is 16.2 Å². The first-order valence-corrected chi connectivity index (χ1v) is 4.83. The average molecular weight is 208 g/mol. The fourth-order valence-corrected chi connectivity index (χ4v) is 1.34. The Bertz CT molecular complexity index is 375. The molecule has 2 N–H and O–H groups in total. The second kappa shape index (κ2) is 4.03. The summed E-state index contributed by atoms with van der Waals surface area (Å²) in [6.45, 7) is 5.89. The van der Waals surface area contributed by atoms with Crippen molar-refractivity contribution in [3.8, 4) is 0 Å². The van der Waals surface area contributed by atoms with Crippen LogP contribution in [0, 0.1) is 0 Å². The molecule has 0 fully saturated rings. The van der Waals surface area contributed by atoms with E-state index in [0.717, 1.165) is 5.56 Å². The molecule has 0 aliphatic rings. The van der Waals surface area contributed by atoms with Crippen LogP contribution in [0.3, 0.4) is 0 Å². The maximum absolute atomic E-state index is 10.9. The van der Waals surface area contributed by atoms with E-state index >= 15 is 0 Å². The van der Waals surface area contributed by atoms with E-state index in [1.807, 2.05) is 26.8 Å². The molecule has 0 spiro atoms. The predicted molar refractivity (Wildman–Crippen MR) is 58.0 cm³/mol. The number of rotatable bonds is 2. The number of hydrogen-bond acceptors (Lipinski definition) is 2. The van der Waals surface area contributed by atoms with Crippen molar-refractivity contribution in [2.24, 2.45) is 0 Å². The van der Waals surface area contributed by atoms with Crippen LogP contribution < -0.4 is 0 Å². The van der Waals surface area contributed by atoms with Gasteiger partial charge in [-0.2, -0.15) is 0 Å². The normalized spacial score (nSPS) is 11.5. The quantitative estimate of drug-likeness (QED) is 0.783. The number of aromatic carboxylic acids is 1. The third kappa shape index (κ3) is 2.80. The Morgan fingerprint density at radius 2 is 1.87 bits per heavy atom. The molecule has 1 aromatic carbocycles. The Balaban J connectivity index is 3.30. The van der Waals surface area contributed by atoms with Crippen molar-refractivity contribution < 1.29 is 15.0 Å². The van der Waals surface area contributed by atoms with E-state index < -0.39 is 5.97 Å². The van der Waals surface area contributed by atoms with Gasteiger partial charge in [-0.1, -0.05) is 26.8 Å². The Morgan fingerprint density at radius 3 is 2.27 bits per heavy atom. The van der Waals surface area contributed by atoms with Gasteiger partial charge in [-0.05, 0) is 28.7 Å². The first-order chi connectivity index (χ1) is 6.84. The largest absolute Gasteiger partial charge is 0.478 e. The monoisotopic (exact) mass is 208 g/mol. The number of aliphatic hydroxyl groups is 1. The van der Waals surface area contributed by atoms with Gasteiger partial charge in [0.15, 0.2) is 0 Å². The molecule has 82 valence electrons. The summed E-state index contributed by atoms with van der Waals surface area (Å²) in [5.41, 5.74) is 1.67. The topological polar surface area (TPSA) is 57.5 Å². The van der Waals surface area contributed by atoms with Crippen LogP contribution >= 0.6 is 0 Å². The van der Waals surface area contributed by atoms with Crippen molar-refractivity contribution in [2.75, 3.05) is 0 Å². The molecular formula is C12H16O3. The van der Waals surface area contributed by atoms with Gasteiger partial charge in [0.05, 0.1) is 12.2 Å². The molecule has 15 heavy (non-hydrogen) atoms. The zero-order valence-corrected chi connectivity index (χ0v) is 9.24. The molecular weight excluding hydrogens is 192 g/mol. The molecule has 0 bridgehead atoms. The minimum Gasteiger partial charge on any atom is -0.478 e. The fourth-order valence-electron chi connectivity index (χ4n) is 1.34. The Hall–Kier alpha value is -1.35. The Labute approximate surface area is 89.4 Å². The van der Waals surface area contributed by atoms with Gasteiger partial charge in [0.2, 0.25) is 0 Å². The number of carboxylic acid groups (broad SMARTS) is 1. The number of aliphatic hydroxyl groups excluding tert-OH is 1. The van der Waals surface area contributed by atoms with E-state index in [0.29, 0.717) is 5.56 Å². The summed E-state index contributed by atoms with van der Waals surface area (Å²) in [6, 6.07) is 4.99. The first kappa shape index (κ1) is 11.7. The van der Waals surface area contributed by atoms with E-state index in [1.54, 1.807) is 6.07 Å². The maximum Gasteiger partial charge on any atom is 0.335 e. The SMILES string of the molecule is CC(C)(C)c1cc(CO)cc(C(=O)O)c1. The minimum absolute atomic E-state index is 0.116. The number of carboxylic acids is 1. The minimum atomic E-state index is -0.962. The van der Waals surface area contributed by atoms with Crippen LogP contribution in [0.5, 0.6) is 0 Å². The standard InChI is InChI=1S/C12H16O3/c1-12(2,3)10-5-8(7-13)4-9(6-10)11(14)15/h4-6,13H,7H2,1-3H3,(H,14,15). The summed E-state index contributed by atoms with van der Waals surface area (Å²) in [6.07, 6.45) is 0. The molecule has 3 heteroatoms. The first-order valence-electron chi connectivity index (χ1n) is 4.83. The molecule has 0 aliphatic carbocycles. The molecule has 1 rings (SSSR count). The predicted octanol–water partition coefficient (Wildman–Crippen LogP) is 2.17. The van der Waals surface area contributed by atoms with Crippen molar-refractivity contribution in [3.63, 3.8) is 0 Å². The number of carbonyl (C=O) groups is 1. The van der Waals surface area contributed by atoms with Crippen LogP contribution in [0.1, 0.15) is 42.3 Å².